The Labute approximate surface area is 106 Å². The van der Waals surface area contributed by atoms with E-state index in [4.69, 9.17) is 4.74 Å². The molecule has 0 bridgehead atoms. The van der Waals surface area contributed by atoms with Crippen LogP contribution in [0.2, 0.25) is 0 Å². The topological polar surface area (TPSA) is 64.6 Å². The van der Waals surface area contributed by atoms with Crippen LogP contribution in [0.1, 0.15) is 19.3 Å². The number of anilines is 1. The van der Waals surface area contributed by atoms with Gasteiger partial charge >= 0.3 is 5.97 Å². The third-order valence-electron chi connectivity index (χ3n) is 2.39. The Balaban J connectivity index is 2.42. The lowest BCUT2D eigenvalue weighted by Crippen LogP contribution is -2.12. The summed E-state index contributed by atoms with van der Waals surface area (Å²) >= 11 is 0. The van der Waals surface area contributed by atoms with Crippen molar-refractivity contribution >= 4 is 17.6 Å². The van der Waals surface area contributed by atoms with Crippen LogP contribution in [-0.4, -0.2) is 26.1 Å². The van der Waals surface area contributed by atoms with Crippen LogP contribution in [0.4, 0.5) is 5.69 Å². The fourth-order valence-corrected chi connectivity index (χ4v) is 1.46. The molecular formula is C13H17NO4. The molecule has 0 spiro atoms. The first-order valence-electron chi connectivity index (χ1n) is 5.67. The predicted molar refractivity (Wildman–Crippen MR) is 67.5 cm³/mol. The van der Waals surface area contributed by atoms with Crippen molar-refractivity contribution in [3.8, 4) is 5.75 Å². The molecule has 0 saturated heterocycles. The van der Waals surface area contributed by atoms with Crippen molar-refractivity contribution in [2.24, 2.45) is 0 Å². The Morgan fingerprint density at radius 1 is 1.17 bits per heavy atom. The molecule has 5 nitrogen and oxygen atoms in total. The van der Waals surface area contributed by atoms with Crippen molar-refractivity contribution in [3.05, 3.63) is 24.3 Å². The molecule has 0 unspecified atom stereocenters. The number of para-hydroxylation sites is 2. The van der Waals surface area contributed by atoms with E-state index in [0.717, 1.165) is 0 Å². The van der Waals surface area contributed by atoms with Crippen LogP contribution in [0.15, 0.2) is 24.3 Å². The summed E-state index contributed by atoms with van der Waals surface area (Å²) in [4.78, 5) is 22.5. The second-order valence-electron chi connectivity index (χ2n) is 3.68. The molecule has 0 heterocycles. The number of amides is 1. The number of rotatable bonds is 6. The van der Waals surface area contributed by atoms with E-state index in [1.165, 1.54) is 7.11 Å². The summed E-state index contributed by atoms with van der Waals surface area (Å²) in [5.41, 5.74) is 0.628. The van der Waals surface area contributed by atoms with E-state index in [1.54, 1.807) is 19.2 Å². The number of carbonyl (C=O) groups is 2. The van der Waals surface area contributed by atoms with Gasteiger partial charge in [-0.05, 0) is 18.6 Å². The van der Waals surface area contributed by atoms with Crippen molar-refractivity contribution < 1.29 is 19.1 Å². The Morgan fingerprint density at radius 2 is 1.89 bits per heavy atom. The van der Waals surface area contributed by atoms with Gasteiger partial charge in [-0.15, -0.1) is 0 Å². The molecule has 1 amide bonds. The van der Waals surface area contributed by atoms with Crippen LogP contribution in [0.3, 0.4) is 0 Å². The van der Waals surface area contributed by atoms with Gasteiger partial charge in [0.2, 0.25) is 5.91 Å². The first kappa shape index (κ1) is 14.0. The normalized spacial score (nSPS) is 9.67. The van der Waals surface area contributed by atoms with Crippen LogP contribution in [0.25, 0.3) is 0 Å². The number of esters is 1. The van der Waals surface area contributed by atoms with E-state index in [2.05, 4.69) is 10.1 Å². The maximum absolute atomic E-state index is 11.6. The van der Waals surface area contributed by atoms with E-state index in [1.807, 2.05) is 12.1 Å². The summed E-state index contributed by atoms with van der Waals surface area (Å²) in [7, 11) is 2.87. The van der Waals surface area contributed by atoms with Gasteiger partial charge in [0.15, 0.2) is 0 Å². The Hall–Kier alpha value is -2.04. The average molecular weight is 251 g/mol. The monoisotopic (exact) mass is 251 g/mol. The number of hydrogen-bond donors (Lipinski definition) is 1. The molecule has 0 fully saturated rings. The standard InChI is InChI=1S/C13H17NO4/c1-17-11-7-4-3-6-10(11)14-12(15)8-5-9-13(16)18-2/h3-4,6-7H,5,8-9H2,1-2H3,(H,14,15). The summed E-state index contributed by atoms with van der Waals surface area (Å²) in [5.74, 6) is 0.155. The van der Waals surface area contributed by atoms with E-state index in [-0.39, 0.29) is 24.7 Å². The highest BCUT2D eigenvalue weighted by atomic mass is 16.5. The van der Waals surface area contributed by atoms with Gasteiger partial charge in [0, 0.05) is 12.8 Å². The van der Waals surface area contributed by atoms with E-state index < -0.39 is 0 Å². The molecule has 0 aliphatic carbocycles. The Morgan fingerprint density at radius 3 is 2.56 bits per heavy atom. The van der Waals surface area contributed by atoms with Gasteiger partial charge in [0.1, 0.15) is 5.75 Å². The van der Waals surface area contributed by atoms with Gasteiger partial charge in [-0.3, -0.25) is 9.59 Å². The first-order valence-corrected chi connectivity index (χ1v) is 5.67. The second-order valence-corrected chi connectivity index (χ2v) is 3.68. The highest BCUT2D eigenvalue weighted by Gasteiger charge is 2.08. The van der Waals surface area contributed by atoms with Crippen LogP contribution in [-0.2, 0) is 14.3 Å². The lowest BCUT2D eigenvalue weighted by molar-refractivity contribution is -0.140. The molecule has 18 heavy (non-hydrogen) atoms. The number of nitrogens with one attached hydrogen (secondary N) is 1. The fraction of sp³-hybridized carbons (Fsp3) is 0.385. The van der Waals surface area contributed by atoms with Crippen LogP contribution < -0.4 is 10.1 Å². The molecule has 98 valence electrons. The predicted octanol–water partition coefficient (Wildman–Crippen LogP) is 1.98. The Bertz CT molecular complexity index is 417. The molecule has 5 heteroatoms. The van der Waals surface area contributed by atoms with Crippen molar-refractivity contribution in [1.29, 1.82) is 0 Å². The zero-order valence-corrected chi connectivity index (χ0v) is 10.6. The molecule has 1 rings (SSSR count). The molecule has 0 atom stereocenters. The molecule has 0 saturated carbocycles. The van der Waals surface area contributed by atoms with Gasteiger partial charge < -0.3 is 14.8 Å². The number of methoxy groups -OCH3 is 2. The zero-order chi connectivity index (χ0) is 13.4. The van der Waals surface area contributed by atoms with Crippen molar-refractivity contribution in [3.63, 3.8) is 0 Å². The summed E-state index contributed by atoms with van der Waals surface area (Å²) < 4.78 is 9.61. The van der Waals surface area contributed by atoms with E-state index in [0.29, 0.717) is 17.9 Å². The largest absolute Gasteiger partial charge is 0.495 e. The molecule has 0 aliphatic heterocycles. The van der Waals surface area contributed by atoms with Gasteiger partial charge in [0.25, 0.3) is 0 Å². The van der Waals surface area contributed by atoms with E-state index in [9.17, 15) is 9.59 Å². The van der Waals surface area contributed by atoms with Gasteiger partial charge in [-0.1, -0.05) is 12.1 Å². The lowest BCUT2D eigenvalue weighted by atomic mass is 10.2. The number of carbonyl (C=O) groups excluding carboxylic acids is 2. The van der Waals surface area contributed by atoms with Gasteiger partial charge in [-0.2, -0.15) is 0 Å². The summed E-state index contributed by atoms with van der Waals surface area (Å²) in [5, 5.41) is 2.74. The maximum Gasteiger partial charge on any atom is 0.305 e. The highest BCUT2D eigenvalue weighted by Crippen LogP contribution is 2.23. The second kappa shape index (κ2) is 7.32. The third-order valence-corrected chi connectivity index (χ3v) is 2.39. The minimum Gasteiger partial charge on any atom is -0.495 e. The molecule has 0 aromatic heterocycles. The lowest BCUT2D eigenvalue weighted by Gasteiger charge is -2.09. The van der Waals surface area contributed by atoms with Crippen LogP contribution in [0, 0.1) is 0 Å². The summed E-state index contributed by atoms with van der Waals surface area (Å²) in [6.45, 7) is 0. The molecule has 0 radical (unpaired) electrons. The minimum absolute atomic E-state index is 0.150. The van der Waals surface area contributed by atoms with Gasteiger partial charge in [0.05, 0.1) is 19.9 Å². The first-order chi connectivity index (χ1) is 8.67. The Kier molecular flexibility index (Phi) is 5.70. The quantitative estimate of drug-likeness (QED) is 0.785. The smallest absolute Gasteiger partial charge is 0.305 e. The van der Waals surface area contributed by atoms with Crippen molar-refractivity contribution in [2.45, 2.75) is 19.3 Å². The average Bonchev–Trinajstić information content (AvgIpc) is 2.39. The molecule has 1 aromatic carbocycles. The zero-order valence-electron chi connectivity index (χ0n) is 10.6. The summed E-state index contributed by atoms with van der Waals surface area (Å²) in [6.07, 6.45) is 0.983. The van der Waals surface area contributed by atoms with Crippen LogP contribution in [0.5, 0.6) is 5.75 Å². The van der Waals surface area contributed by atoms with E-state index >= 15 is 0 Å². The summed E-state index contributed by atoms with van der Waals surface area (Å²) in [6, 6.07) is 7.17. The number of benzene rings is 1. The molecule has 1 N–H and O–H groups in total. The fourth-order valence-electron chi connectivity index (χ4n) is 1.46. The number of ether oxygens (including phenoxy) is 2. The SMILES string of the molecule is COC(=O)CCCC(=O)Nc1ccccc1OC. The minimum atomic E-state index is -0.305. The third kappa shape index (κ3) is 4.45. The van der Waals surface area contributed by atoms with Crippen molar-refractivity contribution in [1.82, 2.24) is 0 Å². The molecule has 1 aromatic rings. The molecular weight excluding hydrogens is 234 g/mol. The highest BCUT2D eigenvalue weighted by molar-refractivity contribution is 5.92. The van der Waals surface area contributed by atoms with Gasteiger partial charge in [-0.25, -0.2) is 0 Å². The molecule has 0 aliphatic rings. The number of hydrogen-bond acceptors (Lipinski definition) is 4. The van der Waals surface area contributed by atoms with Crippen LogP contribution >= 0.6 is 0 Å². The van der Waals surface area contributed by atoms with Crippen molar-refractivity contribution in [2.75, 3.05) is 19.5 Å². The maximum atomic E-state index is 11.6.